The number of carbonyl (C=O) groups is 3. The minimum atomic E-state index is -5.08. The number of carbonyl (C=O) groups excluding carboxylic acids is 1. The van der Waals surface area contributed by atoms with Gasteiger partial charge in [-0.3, -0.25) is 14.1 Å². The van der Waals surface area contributed by atoms with Gasteiger partial charge in [-0.05, 0) is 71.2 Å². The number of carboxylic acids is 1. The van der Waals surface area contributed by atoms with Gasteiger partial charge < -0.3 is 20.3 Å². The van der Waals surface area contributed by atoms with E-state index in [9.17, 15) is 36.6 Å². The fourth-order valence-electron chi connectivity index (χ4n) is 4.71. The standard InChI is InChI=1S/C26H30F2N4O4.C2HF3O2/c1-15-11-20(36-13-17-18(27)7-6-8-19(17)28)22-30-16(2)21(31(22)12-15)23(33)29-14-26(9-10-26)32(24(34)35)25(3,4)5;3-2(4,5)1(6)7/h6-8,11-12H,9-10,13-14H2,1-5H3,(H,29,33)(H,34,35);(H,6,7). The number of nitrogens with one attached hydrogen (secondary N) is 1. The molecular formula is C28H31F5N4O6. The van der Waals surface area contributed by atoms with Crippen LogP contribution < -0.4 is 10.1 Å². The number of aromatic nitrogens is 2. The lowest BCUT2D eigenvalue weighted by Gasteiger charge is -2.40. The topological polar surface area (TPSA) is 133 Å². The number of benzene rings is 1. The Labute approximate surface area is 243 Å². The largest absolute Gasteiger partial charge is 0.490 e. The molecule has 0 saturated heterocycles. The van der Waals surface area contributed by atoms with Crippen LogP contribution in [0.25, 0.3) is 5.65 Å². The molecule has 10 nitrogen and oxygen atoms in total. The van der Waals surface area contributed by atoms with Crippen molar-refractivity contribution in [1.29, 1.82) is 0 Å². The predicted octanol–water partition coefficient (Wildman–Crippen LogP) is 5.48. The molecule has 0 bridgehead atoms. The van der Waals surface area contributed by atoms with Gasteiger partial charge in [-0.2, -0.15) is 13.2 Å². The molecule has 1 aromatic carbocycles. The Morgan fingerprint density at radius 3 is 2.12 bits per heavy atom. The fourth-order valence-corrected chi connectivity index (χ4v) is 4.71. The molecule has 3 N–H and O–H groups in total. The van der Waals surface area contributed by atoms with Crippen molar-refractivity contribution in [3.8, 4) is 5.75 Å². The number of nitrogens with zero attached hydrogens (tertiary/aromatic N) is 3. The first kappa shape index (κ1) is 33.1. The van der Waals surface area contributed by atoms with Gasteiger partial charge in [0.1, 0.15) is 23.9 Å². The van der Waals surface area contributed by atoms with Gasteiger partial charge in [0, 0.05) is 18.3 Å². The monoisotopic (exact) mass is 614 g/mol. The summed E-state index contributed by atoms with van der Waals surface area (Å²) in [6.45, 7) is 8.80. The maximum absolute atomic E-state index is 14.1. The van der Waals surface area contributed by atoms with Crippen molar-refractivity contribution in [2.45, 2.75) is 71.3 Å². The molecule has 0 atom stereocenters. The lowest BCUT2D eigenvalue weighted by molar-refractivity contribution is -0.192. The number of amides is 2. The molecule has 1 aliphatic carbocycles. The molecule has 0 spiro atoms. The maximum Gasteiger partial charge on any atom is 0.490 e. The lowest BCUT2D eigenvalue weighted by Crippen LogP contribution is -2.56. The zero-order valence-electron chi connectivity index (χ0n) is 24.0. The molecule has 15 heteroatoms. The Hall–Kier alpha value is -4.43. The van der Waals surface area contributed by atoms with E-state index in [0.717, 1.165) is 17.7 Å². The summed E-state index contributed by atoms with van der Waals surface area (Å²) in [6.07, 6.45) is -3.06. The van der Waals surface area contributed by atoms with E-state index in [1.54, 1.807) is 30.5 Å². The third-order valence-electron chi connectivity index (χ3n) is 6.63. The first-order chi connectivity index (χ1) is 19.8. The molecule has 4 rings (SSSR count). The van der Waals surface area contributed by atoms with Crippen molar-refractivity contribution in [3.05, 3.63) is 64.6 Å². The number of aryl methyl sites for hydroxylation is 2. The molecule has 2 amide bonds. The highest BCUT2D eigenvalue weighted by Crippen LogP contribution is 2.45. The van der Waals surface area contributed by atoms with E-state index in [1.807, 2.05) is 20.8 Å². The van der Waals surface area contributed by atoms with Crippen molar-refractivity contribution < 1.29 is 51.3 Å². The molecule has 1 aliphatic rings. The second-order valence-electron chi connectivity index (χ2n) is 11.1. The summed E-state index contributed by atoms with van der Waals surface area (Å²) in [4.78, 5) is 40.0. The number of carboxylic acid groups (broad SMARTS) is 2. The third-order valence-corrected chi connectivity index (χ3v) is 6.63. The first-order valence-electron chi connectivity index (χ1n) is 12.9. The second kappa shape index (κ2) is 12.1. The van der Waals surface area contributed by atoms with Gasteiger partial charge in [-0.1, -0.05) is 6.07 Å². The number of fused-ring (bicyclic) bond motifs is 1. The quantitative estimate of drug-likeness (QED) is 0.300. The third kappa shape index (κ3) is 7.51. The number of hydrogen-bond donors (Lipinski definition) is 3. The Morgan fingerprint density at radius 2 is 1.65 bits per heavy atom. The minimum absolute atomic E-state index is 0.170. The van der Waals surface area contributed by atoms with Gasteiger partial charge in [0.15, 0.2) is 11.4 Å². The van der Waals surface area contributed by atoms with E-state index in [1.165, 1.54) is 11.0 Å². The summed E-state index contributed by atoms with van der Waals surface area (Å²) in [5.41, 5.74) is 0.342. The van der Waals surface area contributed by atoms with Crippen LogP contribution in [0.2, 0.25) is 0 Å². The van der Waals surface area contributed by atoms with Crippen LogP contribution in [0.3, 0.4) is 0 Å². The van der Waals surface area contributed by atoms with Crippen LogP contribution in [0, 0.1) is 25.5 Å². The van der Waals surface area contributed by atoms with Crippen molar-refractivity contribution >= 4 is 23.6 Å². The van der Waals surface area contributed by atoms with E-state index < -0.39 is 46.9 Å². The number of ether oxygens (including phenoxy) is 1. The Morgan fingerprint density at radius 1 is 1.09 bits per heavy atom. The van der Waals surface area contributed by atoms with E-state index in [0.29, 0.717) is 24.2 Å². The summed E-state index contributed by atoms with van der Waals surface area (Å²) in [5, 5.41) is 19.8. The number of rotatable bonds is 7. The summed E-state index contributed by atoms with van der Waals surface area (Å²) in [5.74, 6) is -4.30. The van der Waals surface area contributed by atoms with Crippen LogP contribution in [0.15, 0.2) is 30.5 Å². The number of hydrogen-bond acceptors (Lipinski definition) is 5. The SMILES string of the molecule is Cc1cc(OCc2c(F)cccc2F)c2nc(C)c(C(=O)NCC3(N(C(=O)O)C(C)(C)C)CC3)n2c1.O=C(O)C(F)(F)F. The Balaban J connectivity index is 0.000000646. The number of pyridine rings is 1. The number of aliphatic carboxylic acids is 1. The highest BCUT2D eigenvalue weighted by Gasteiger charge is 2.54. The van der Waals surface area contributed by atoms with Gasteiger partial charge in [0.25, 0.3) is 5.91 Å². The summed E-state index contributed by atoms with van der Waals surface area (Å²) < 4.78 is 67.2. The zero-order valence-corrected chi connectivity index (χ0v) is 24.0. The second-order valence-corrected chi connectivity index (χ2v) is 11.1. The van der Waals surface area contributed by atoms with E-state index in [-0.39, 0.29) is 30.2 Å². The zero-order chi connectivity index (χ0) is 32.5. The molecule has 0 radical (unpaired) electrons. The average molecular weight is 615 g/mol. The first-order valence-corrected chi connectivity index (χ1v) is 12.9. The molecule has 43 heavy (non-hydrogen) atoms. The highest BCUT2D eigenvalue weighted by atomic mass is 19.4. The van der Waals surface area contributed by atoms with Crippen LogP contribution >= 0.6 is 0 Å². The molecule has 0 aliphatic heterocycles. The summed E-state index contributed by atoms with van der Waals surface area (Å²) >= 11 is 0. The van der Waals surface area contributed by atoms with Crippen molar-refractivity contribution in [1.82, 2.24) is 19.6 Å². The van der Waals surface area contributed by atoms with Crippen LogP contribution in [0.5, 0.6) is 5.75 Å². The average Bonchev–Trinajstić information content (AvgIpc) is 3.54. The molecule has 0 unspecified atom stereocenters. The maximum atomic E-state index is 14.1. The molecule has 1 fully saturated rings. The lowest BCUT2D eigenvalue weighted by atomic mass is 10.0. The number of imidazole rings is 1. The van der Waals surface area contributed by atoms with Crippen LogP contribution in [0.1, 0.15) is 60.9 Å². The summed E-state index contributed by atoms with van der Waals surface area (Å²) in [7, 11) is 0. The molecule has 1 saturated carbocycles. The summed E-state index contributed by atoms with van der Waals surface area (Å²) in [6, 6.07) is 5.29. The number of halogens is 5. The highest BCUT2D eigenvalue weighted by molar-refractivity contribution is 5.95. The smallest absolute Gasteiger partial charge is 0.485 e. The fraction of sp³-hybridized carbons (Fsp3) is 0.429. The Kier molecular flexibility index (Phi) is 9.27. The van der Waals surface area contributed by atoms with E-state index in [4.69, 9.17) is 14.6 Å². The van der Waals surface area contributed by atoms with Crippen molar-refractivity contribution in [2.75, 3.05) is 6.54 Å². The number of alkyl halides is 3. The van der Waals surface area contributed by atoms with Crippen LogP contribution in [-0.2, 0) is 11.4 Å². The van der Waals surface area contributed by atoms with Gasteiger partial charge in [0.05, 0.1) is 16.8 Å². The van der Waals surface area contributed by atoms with E-state index >= 15 is 0 Å². The normalized spacial score (nSPS) is 14.0. The predicted molar refractivity (Wildman–Crippen MR) is 143 cm³/mol. The molecule has 3 aromatic rings. The van der Waals surface area contributed by atoms with Gasteiger partial charge in [-0.15, -0.1) is 0 Å². The van der Waals surface area contributed by atoms with Crippen molar-refractivity contribution in [2.24, 2.45) is 0 Å². The van der Waals surface area contributed by atoms with Gasteiger partial charge in [0.2, 0.25) is 0 Å². The van der Waals surface area contributed by atoms with Crippen LogP contribution in [0.4, 0.5) is 26.7 Å². The molecule has 2 aromatic heterocycles. The molecular weight excluding hydrogens is 583 g/mol. The van der Waals surface area contributed by atoms with Crippen molar-refractivity contribution in [3.63, 3.8) is 0 Å². The van der Waals surface area contributed by atoms with Gasteiger partial charge in [-0.25, -0.2) is 23.4 Å². The molecule has 234 valence electrons. The van der Waals surface area contributed by atoms with Crippen LogP contribution in [-0.4, -0.2) is 66.3 Å². The van der Waals surface area contributed by atoms with E-state index in [2.05, 4.69) is 10.3 Å². The molecule has 2 heterocycles. The Bertz CT molecular complexity index is 1520. The minimum Gasteiger partial charge on any atom is -0.485 e. The van der Waals surface area contributed by atoms with Gasteiger partial charge >= 0.3 is 18.2 Å².